The Kier molecular flexibility index (Phi) is 6.98. The minimum atomic E-state index is 0.650. The lowest BCUT2D eigenvalue weighted by Gasteiger charge is -2.18. The third-order valence-electron chi connectivity index (χ3n) is 2.99. The minimum Gasteiger partial charge on any atom is -0.383 e. The second-order valence-electron chi connectivity index (χ2n) is 5.38. The molecule has 0 spiro atoms. The van der Waals surface area contributed by atoms with Crippen molar-refractivity contribution in [2.75, 3.05) is 26.8 Å². The third-order valence-corrected chi connectivity index (χ3v) is 2.99. The summed E-state index contributed by atoms with van der Waals surface area (Å²) in [4.78, 5) is 0. The highest BCUT2D eigenvalue weighted by Gasteiger charge is 2.13. The fourth-order valence-corrected chi connectivity index (χ4v) is 2.25. The third kappa shape index (κ3) is 6.17. The van der Waals surface area contributed by atoms with E-state index < -0.39 is 0 Å². The Morgan fingerprint density at radius 2 is 2.22 bits per heavy atom. The molecule has 0 saturated heterocycles. The predicted octanol–water partition coefficient (Wildman–Crippen LogP) is 1.86. The zero-order valence-electron chi connectivity index (χ0n) is 12.1. The molecule has 18 heavy (non-hydrogen) atoms. The minimum absolute atomic E-state index is 0.650. The van der Waals surface area contributed by atoms with Crippen LogP contribution in [0, 0.1) is 11.8 Å². The molecule has 0 radical (unpaired) electrons. The fraction of sp³-hybridized carbons (Fsp3) is 0.786. The molecule has 1 aromatic heterocycles. The van der Waals surface area contributed by atoms with Crippen molar-refractivity contribution < 1.29 is 4.74 Å². The van der Waals surface area contributed by atoms with Gasteiger partial charge in [0.05, 0.1) is 12.3 Å². The maximum atomic E-state index is 5.05. The van der Waals surface area contributed by atoms with Gasteiger partial charge < -0.3 is 10.1 Å². The summed E-state index contributed by atoms with van der Waals surface area (Å²) in [5, 5.41) is 7.93. The molecule has 0 aromatic carbocycles. The van der Waals surface area contributed by atoms with Crippen LogP contribution in [0.4, 0.5) is 0 Å². The van der Waals surface area contributed by atoms with E-state index >= 15 is 0 Å². The summed E-state index contributed by atoms with van der Waals surface area (Å²) in [5.74, 6) is 1.37. The largest absolute Gasteiger partial charge is 0.383 e. The molecule has 0 aliphatic rings. The molecular weight excluding hydrogens is 226 g/mol. The molecule has 1 aromatic rings. The van der Waals surface area contributed by atoms with Crippen molar-refractivity contribution in [1.29, 1.82) is 0 Å². The molecule has 0 aliphatic carbocycles. The normalized spacial score (nSPS) is 13.2. The summed E-state index contributed by atoms with van der Waals surface area (Å²) < 4.78 is 6.92. The number of aromatic nitrogens is 2. The molecular formula is C14H27N3O. The van der Waals surface area contributed by atoms with Gasteiger partial charge in [-0.25, -0.2) is 0 Å². The molecule has 1 unspecified atom stereocenters. The lowest BCUT2D eigenvalue weighted by molar-refractivity contribution is 0.197. The van der Waals surface area contributed by atoms with E-state index in [1.54, 1.807) is 7.11 Å². The molecule has 0 fully saturated rings. The number of nitrogens with zero attached hydrogens (tertiary/aromatic N) is 2. The zero-order valence-corrected chi connectivity index (χ0v) is 12.1. The second kappa shape index (κ2) is 8.27. The Labute approximate surface area is 111 Å². The van der Waals surface area contributed by atoms with Crippen LogP contribution in [-0.2, 0) is 18.2 Å². The second-order valence-corrected chi connectivity index (χ2v) is 5.38. The number of methoxy groups -OCH3 is 1. The standard InChI is InChI=1S/C14H27N3O/c1-12(2)9-13(11-15-6-8-18-4)10-14-5-7-17(3)16-14/h5,7,12-13,15H,6,8-11H2,1-4H3. The molecule has 1 atom stereocenters. The topological polar surface area (TPSA) is 39.1 Å². The van der Waals surface area contributed by atoms with Gasteiger partial charge in [-0.1, -0.05) is 13.8 Å². The van der Waals surface area contributed by atoms with E-state index in [1.807, 2.05) is 17.9 Å². The van der Waals surface area contributed by atoms with Crippen LogP contribution in [0.3, 0.4) is 0 Å². The average Bonchev–Trinajstić information content (AvgIpc) is 2.69. The van der Waals surface area contributed by atoms with E-state index in [0.717, 1.165) is 32.0 Å². The van der Waals surface area contributed by atoms with Crippen LogP contribution >= 0.6 is 0 Å². The quantitative estimate of drug-likeness (QED) is 0.683. The van der Waals surface area contributed by atoms with Crippen molar-refractivity contribution in [2.45, 2.75) is 26.7 Å². The van der Waals surface area contributed by atoms with Gasteiger partial charge in [0, 0.05) is 26.9 Å². The van der Waals surface area contributed by atoms with Gasteiger partial charge in [-0.15, -0.1) is 0 Å². The number of aryl methyl sites for hydroxylation is 1. The fourth-order valence-electron chi connectivity index (χ4n) is 2.25. The van der Waals surface area contributed by atoms with Crippen molar-refractivity contribution in [3.63, 3.8) is 0 Å². The van der Waals surface area contributed by atoms with Gasteiger partial charge in [0.2, 0.25) is 0 Å². The number of nitrogens with one attached hydrogen (secondary N) is 1. The van der Waals surface area contributed by atoms with Crippen LogP contribution in [0.15, 0.2) is 12.3 Å². The van der Waals surface area contributed by atoms with Gasteiger partial charge >= 0.3 is 0 Å². The smallest absolute Gasteiger partial charge is 0.0627 e. The lowest BCUT2D eigenvalue weighted by Crippen LogP contribution is -2.28. The van der Waals surface area contributed by atoms with Gasteiger partial charge in [0.1, 0.15) is 0 Å². The highest BCUT2D eigenvalue weighted by Crippen LogP contribution is 2.15. The van der Waals surface area contributed by atoms with Gasteiger partial charge in [-0.3, -0.25) is 4.68 Å². The number of rotatable bonds is 9. The molecule has 0 bridgehead atoms. The van der Waals surface area contributed by atoms with Crippen LogP contribution in [0.25, 0.3) is 0 Å². The molecule has 4 nitrogen and oxygen atoms in total. The van der Waals surface area contributed by atoms with Gasteiger partial charge in [-0.05, 0) is 37.3 Å². The van der Waals surface area contributed by atoms with E-state index in [1.165, 1.54) is 12.1 Å². The van der Waals surface area contributed by atoms with Crippen molar-refractivity contribution >= 4 is 0 Å². The van der Waals surface area contributed by atoms with Crippen LogP contribution in [0.5, 0.6) is 0 Å². The molecule has 104 valence electrons. The number of hydrogen-bond acceptors (Lipinski definition) is 3. The molecule has 1 N–H and O–H groups in total. The van der Waals surface area contributed by atoms with Crippen molar-refractivity contribution in [1.82, 2.24) is 15.1 Å². The Hall–Kier alpha value is -0.870. The summed E-state index contributed by atoms with van der Waals surface area (Å²) in [5.41, 5.74) is 1.19. The number of hydrogen-bond donors (Lipinski definition) is 1. The first-order chi connectivity index (χ1) is 8.61. The Balaban J connectivity index is 2.39. The monoisotopic (exact) mass is 253 g/mol. The van der Waals surface area contributed by atoms with E-state index in [4.69, 9.17) is 4.74 Å². The first-order valence-corrected chi connectivity index (χ1v) is 6.80. The highest BCUT2D eigenvalue weighted by molar-refractivity contribution is 5.00. The van der Waals surface area contributed by atoms with Gasteiger partial charge in [0.15, 0.2) is 0 Å². The van der Waals surface area contributed by atoms with E-state index in [2.05, 4.69) is 30.3 Å². The highest BCUT2D eigenvalue weighted by atomic mass is 16.5. The molecule has 0 aliphatic heterocycles. The van der Waals surface area contributed by atoms with Crippen LogP contribution in [0.1, 0.15) is 26.0 Å². The summed E-state index contributed by atoms with van der Waals surface area (Å²) in [6.07, 6.45) is 4.30. The Bertz CT molecular complexity index is 323. The van der Waals surface area contributed by atoms with Crippen LogP contribution in [-0.4, -0.2) is 36.6 Å². The van der Waals surface area contributed by atoms with Crippen molar-refractivity contribution in [2.24, 2.45) is 18.9 Å². The maximum Gasteiger partial charge on any atom is 0.0627 e. The number of ether oxygens (including phenoxy) is 1. The lowest BCUT2D eigenvalue weighted by atomic mass is 9.93. The molecule has 1 heterocycles. The maximum absolute atomic E-state index is 5.05. The molecule has 0 saturated carbocycles. The Morgan fingerprint density at radius 1 is 1.44 bits per heavy atom. The molecule has 4 heteroatoms. The summed E-state index contributed by atoms with van der Waals surface area (Å²) in [6.45, 7) is 7.30. The van der Waals surface area contributed by atoms with E-state index in [-0.39, 0.29) is 0 Å². The Morgan fingerprint density at radius 3 is 2.78 bits per heavy atom. The first-order valence-electron chi connectivity index (χ1n) is 6.80. The van der Waals surface area contributed by atoms with Crippen LogP contribution in [0.2, 0.25) is 0 Å². The first kappa shape index (κ1) is 15.2. The van der Waals surface area contributed by atoms with Crippen molar-refractivity contribution in [3.8, 4) is 0 Å². The van der Waals surface area contributed by atoms with E-state index in [0.29, 0.717) is 5.92 Å². The van der Waals surface area contributed by atoms with E-state index in [9.17, 15) is 0 Å². The zero-order chi connectivity index (χ0) is 13.4. The SMILES string of the molecule is COCCNCC(Cc1ccn(C)n1)CC(C)C. The van der Waals surface area contributed by atoms with Crippen LogP contribution < -0.4 is 5.32 Å². The summed E-state index contributed by atoms with van der Waals surface area (Å²) in [7, 11) is 3.71. The average molecular weight is 253 g/mol. The predicted molar refractivity (Wildman–Crippen MR) is 74.6 cm³/mol. The molecule has 0 amide bonds. The summed E-state index contributed by atoms with van der Waals surface area (Å²) in [6, 6.07) is 2.11. The van der Waals surface area contributed by atoms with Gasteiger partial charge in [0.25, 0.3) is 0 Å². The van der Waals surface area contributed by atoms with Gasteiger partial charge in [-0.2, -0.15) is 5.10 Å². The molecule has 1 rings (SSSR count). The summed E-state index contributed by atoms with van der Waals surface area (Å²) >= 11 is 0. The van der Waals surface area contributed by atoms with Crippen molar-refractivity contribution in [3.05, 3.63) is 18.0 Å².